The molecule has 0 radical (unpaired) electrons. The van der Waals surface area contributed by atoms with Crippen LogP contribution in [0.3, 0.4) is 0 Å². The molecule has 132 valence electrons. The van der Waals surface area contributed by atoms with Crippen LogP contribution in [-0.2, 0) is 30.8 Å². The summed E-state index contributed by atoms with van der Waals surface area (Å²) in [6.07, 6.45) is 1.73. The smallest absolute Gasteiger partial charge is 0.326 e. The SMILES string of the molecule is CCC[C@@](C)(NS(=O)(=O)c1ccc2c(c1)CCC(=O)N2)C(=O)OC. The number of nitrogens with one attached hydrogen (secondary N) is 2. The van der Waals surface area contributed by atoms with Crippen LogP contribution in [0.15, 0.2) is 23.1 Å². The van der Waals surface area contributed by atoms with Crippen LogP contribution in [0.2, 0.25) is 0 Å². The van der Waals surface area contributed by atoms with Crippen LogP contribution in [-0.4, -0.2) is 32.9 Å². The highest BCUT2D eigenvalue weighted by atomic mass is 32.2. The molecular weight excluding hydrogens is 332 g/mol. The maximum Gasteiger partial charge on any atom is 0.326 e. The molecule has 0 aliphatic carbocycles. The lowest BCUT2D eigenvalue weighted by Crippen LogP contribution is -2.52. The average Bonchev–Trinajstić information content (AvgIpc) is 2.53. The number of hydrogen-bond donors (Lipinski definition) is 2. The predicted molar refractivity (Wildman–Crippen MR) is 89.0 cm³/mol. The maximum absolute atomic E-state index is 12.7. The molecule has 1 aromatic carbocycles. The fourth-order valence-corrected chi connectivity index (χ4v) is 4.24. The molecule has 0 unspecified atom stereocenters. The van der Waals surface area contributed by atoms with Crippen LogP contribution in [0.4, 0.5) is 5.69 Å². The molecule has 1 atom stereocenters. The Labute approximate surface area is 141 Å². The summed E-state index contributed by atoms with van der Waals surface area (Å²) in [6.45, 7) is 3.37. The van der Waals surface area contributed by atoms with Crippen molar-refractivity contribution < 1.29 is 22.7 Å². The van der Waals surface area contributed by atoms with Crippen LogP contribution >= 0.6 is 0 Å². The summed E-state index contributed by atoms with van der Waals surface area (Å²) in [7, 11) is -2.68. The van der Waals surface area contributed by atoms with Gasteiger partial charge in [-0.1, -0.05) is 13.3 Å². The molecule has 7 nitrogen and oxygen atoms in total. The quantitative estimate of drug-likeness (QED) is 0.755. The van der Waals surface area contributed by atoms with E-state index in [1.54, 1.807) is 6.07 Å². The maximum atomic E-state index is 12.7. The first kappa shape index (κ1) is 18.4. The molecule has 0 saturated carbocycles. The lowest BCUT2D eigenvalue weighted by Gasteiger charge is -2.27. The Bertz CT molecular complexity index is 760. The fraction of sp³-hybridized carbons (Fsp3) is 0.500. The molecule has 24 heavy (non-hydrogen) atoms. The van der Waals surface area contributed by atoms with Crippen LogP contribution < -0.4 is 10.0 Å². The number of aryl methyl sites for hydroxylation is 1. The van der Waals surface area contributed by atoms with Gasteiger partial charge in [-0.2, -0.15) is 4.72 Å². The van der Waals surface area contributed by atoms with Gasteiger partial charge >= 0.3 is 5.97 Å². The summed E-state index contributed by atoms with van der Waals surface area (Å²) in [5, 5.41) is 2.71. The van der Waals surface area contributed by atoms with E-state index in [-0.39, 0.29) is 10.8 Å². The van der Waals surface area contributed by atoms with Crippen molar-refractivity contribution in [2.45, 2.75) is 50.0 Å². The first-order chi connectivity index (χ1) is 11.2. The zero-order valence-corrected chi connectivity index (χ0v) is 14.8. The van der Waals surface area contributed by atoms with E-state index in [0.29, 0.717) is 31.4 Å². The summed E-state index contributed by atoms with van der Waals surface area (Å²) < 4.78 is 32.6. The predicted octanol–water partition coefficient (Wildman–Crippen LogP) is 1.58. The van der Waals surface area contributed by atoms with Crippen LogP contribution in [0, 0.1) is 0 Å². The highest BCUT2D eigenvalue weighted by Gasteiger charge is 2.38. The Balaban J connectivity index is 2.33. The molecule has 2 rings (SSSR count). The van der Waals surface area contributed by atoms with Gasteiger partial charge in [-0.15, -0.1) is 0 Å². The van der Waals surface area contributed by atoms with Crippen LogP contribution in [0.25, 0.3) is 0 Å². The number of benzene rings is 1. The van der Waals surface area contributed by atoms with Gasteiger partial charge < -0.3 is 10.1 Å². The number of hydrogen-bond acceptors (Lipinski definition) is 5. The standard InChI is InChI=1S/C16H22N2O5S/c1-4-9-16(2,15(20)23-3)18-24(21,22)12-6-7-13-11(10-12)5-8-14(19)17-13/h6-7,10,18H,4-5,8-9H2,1-3H3,(H,17,19)/t16-/m1/s1. The molecule has 0 fully saturated rings. The van der Waals surface area contributed by atoms with Crippen molar-refractivity contribution in [2.24, 2.45) is 0 Å². The monoisotopic (exact) mass is 354 g/mol. The summed E-state index contributed by atoms with van der Waals surface area (Å²) >= 11 is 0. The first-order valence-corrected chi connectivity index (χ1v) is 9.25. The summed E-state index contributed by atoms with van der Waals surface area (Å²) in [6, 6.07) is 4.51. The number of rotatable bonds is 6. The van der Waals surface area contributed by atoms with Crippen molar-refractivity contribution in [3.8, 4) is 0 Å². The lowest BCUT2D eigenvalue weighted by atomic mass is 9.98. The minimum atomic E-state index is -3.91. The first-order valence-electron chi connectivity index (χ1n) is 7.77. The van der Waals surface area contributed by atoms with Gasteiger partial charge in [0.25, 0.3) is 0 Å². The minimum Gasteiger partial charge on any atom is -0.468 e. The summed E-state index contributed by atoms with van der Waals surface area (Å²) in [5.74, 6) is -0.712. The second-order valence-corrected chi connectivity index (χ2v) is 7.73. The number of sulfonamides is 1. The molecule has 0 aromatic heterocycles. The number of methoxy groups -OCH3 is 1. The van der Waals surface area contributed by atoms with E-state index in [0.717, 1.165) is 5.56 Å². The van der Waals surface area contributed by atoms with Gasteiger partial charge in [0.1, 0.15) is 5.54 Å². The second kappa shape index (κ2) is 6.90. The molecule has 1 aromatic rings. The number of ether oxygens (including phenoxy) is 1. The van der Waals surface area contributed by atoms with E-state index in [2.05, 4.69) is 10.0 Å². The summed E-state index contributed by atoms with van der Waals surface area (Å²) in [4.78, 5) is 23.4. The highest BCUT2D eigenvalue weighted by molar-refractivity contribution is 7.89. The van der Waals surface area contributed by atoms with Gasteiger partial charge in [0.15, 0.2) is 0 Å². The number of anilines is 1. The van der Waals surface area contributed by atoms with Gasteiger partial charge in [-0.25, -0.2) is 8.42 Å². The molecule has 8 heteroatoms. The Morgan fingerprint density at radius 1 is 1.38 bits per heavy atom. The van der Waals surface area contributed by atoms with Crippen molar-refractivity contribution >= 4 is 27.6 Å². The number of amides is 1. The molecular formula is C16H22N2O5S. The molecule has 0 bridgehead atoms. The number of carbonyl (C=O) groups excluding carboxylic acids is 2. The fourth-order valence-electron chi connectivity index (χ4n) is 2.80. The van der Waals surface area contributed by atoms with Crippen molar-refractivity contribution in [1.29, 1.82) is 0 Å². The Kier molecular flexibility index (Phi) is 5.29. The van der Waals surface area contributed by atoms with Gasteiger partial charge in [0.05, 0.1) is 12.0 Å². The molecule has 0 saturated heterocycles. The van der Waals surface area contributed by atoms with Gasteiger partial charge in [0, 0.05) is 12.1 Å². The minimum absolute atomic E-state index is 0.0589. The van der Waals surface area contributed by atoms with Crippen molar-refractivity contribution in [2.75, 3.05) is 12.4 Å². The van der Waals surface area contributed by atoms with E-state index >= 15 is 0 Å². The normalized spacial score (nSPS) is 16.7. The third-order valence-corrected chi connectivity index (χ3v) is 5.62. The molecule has 2 N–H and O–H groups in total. The zero-order valence-electron chi connectivity index (χ0n) is 14.0. The van der Waals surface area contributed by atoms with E-state index in [1.807, 2.05) is 6.92 Å². The Hall–Kier alpha value is -1.93. The number of esters is 1. The lowest BCUT2D eigenvalue weighted by molar-refractivity contribution is -0.147. The van der Waals surface area contributed by atoms with E-state index in [9.17, 15) is 18.0 Å². The van der Waals surface area contributed by atoms with Crippen LogP contribution in [0.1, 0.15) is 38.7 Å². The zero-order chi connectivity index (χ0) is 18.0. The summed E-state index contributed by atoms with van der Waals surface area (Å²) in [5.41, 5.74) is 0.0501. The Morgan fingerprint density at radius 3 is 2.71 bits per heavy atom. The van der Waals surface area contributed by atoms with Crippen molar-refractivity contribution in [3.63, 3.8) is 0 Å². The second-order valence-electron chi connectivity index (χ2n) is 6.05. The number of carbonyl (C=O) groups is 2. The van der Waals surface area contributed by atoms with Crippen molar-refractivity contribution in [1.82, 2.24) is 4.72 Å². The van der Waals surface area contributed by atoms with E-state index in [4.69, 9.17) is 4.74 Å². The molecule has 0 spiro atoms. The molecule has 1 heterocycles. The van der Waals surface area contributed by atoms with E-state index in [1.165, 1.54) is 26.2 Å². The third-order valence-electron chi connectivity index (χ3n) is 4.03. The van der Waals surface area contributed by atoms with E-state index < -0.39 is 21.5 Å². The highest BCUT2D eigenvalue weighted by Crippen LogP contribution is 2.26. The molecule has 1 amide bonds. The average molecular weight is 354 g/mol. The van der Waals surface area contributed by atoms with Crippen molar-refractivity contribution in [3.05, 3.63) is 23.8 Å². The topological polar surface area (TPSA) is 102 Å². The van der Waals surface area contributed by atoms with Gasteiger partial charge in [0.2, 0.25) is 15.9 Å². The number of fused-ring (bicyclic) bond motifs is 1. The van der Waals surface area contributed by atoms with Gasteiger partial charge in [-0.05, 0) is 43.5 Å². The third kappa shape index (κ3) is 3.76. The molecule has 1 aliphatic heterocycles. The van der Waals surface area contributed by atoms with Gasteiger partial charge in [-0.3, -0.25) is 9.59 Å². The molecule has 1 aliphatic rings. The Morgan fingerprint density at radius 2 is 2.08 bits per heavy atom. The van der Waals surface area contributed by atoms with Crippen LogP contribution in [0.5, 0.6) is 0 Å². The largest absolute Gasteiger partial charge is 0.468 e.